The van der Waals surface area contributed by atoms with Gasteiger partial charge in [-0.2, -0.15) is 5.10 Å². The van der Waals surface area contributed by atoms with Crippen molar-refractivity contribution in [3.8, 4) is 0 Å². The Balaban J connectivity index is 1.36. The number of carbonyl (C=O) groups is 4. The molecule has 2 aromatic rings. The second kappa shape index (κ2) is 12.7. The molecule has 1 atom stereocenters. The lowest BCUT2D eigenvalue weighted by Crippen LogP contribution is -2.39. The minimum absolute atomic E-state index is 0.0338. The van der Waals surface area contributed by atoms with Gasteiger partial charge in [-0.05, 0) is 58.2 Å². The van der Waals surface area contributed by atoms with Gasteiger partial charge in [0.15, 0.2) is 0 Å². The number of imide groups is 1. The Morgan fingerprint density at radius 2 is 1.81 bits per heavy atom. The van der Waals surface area contributed by atoms with Crippen LogP contribution in [0.1, 0.15) is 90.2 Å². The zero-order valence-electron chi connectivity index (χ0n) is 22.3. The average molecular weight is 514 g/mol. The fraction of sp³-hybridized carbons (Fsp3) is 0.593. The fourth-order valence-electron chi connectivity index (χ4n) is 4.42. The smallest absolute Gasteiger partial charge is 0.407 e. The Labute approximate surface area is 217 Å². The third kappa shape index (κ3) is 8.58. The molecule has 0 radical (unpaired) electrons. The quantitative estimate of drug-likeness (QED) is 0.303. The summed E-state index contributed by atoms with van der Waals surface area (Å²) in [6, 6.07) is 5.55. The van der Waals surface area contributed by atoms with Gasteiger partial charge in [-0.15, -0.1) is 0 Å². The highest BCUT2D eigenvalue weighted by atomic mass is 16.6. The van der Waals surface area contributed by atoms with E-state index in [0.717, 1.165) is 49.4 Å². The van der Waals surface area contributed by atoms with Crippen LogP contribution in [0.3, 0.4) is 0 Å². The molecule has 202 valence electrons. The summed E-state index contributed by atoms with van der Waals surface area (Å²) in [5.41, 5.74) is 1.68. The summed E-state index contributed by atoms with van der Waals surface area (Å²) in [5.74, 6) is -1.05. The van der Waals surface area contributed by atoms with Gasteiger partial charge in [0, 0.05) is 37.5 Å². The van der Waals surface area contributed by atoms with Gasteiger partial charge in [0.1, 0.15) is 5.60 Å². The first kappa shape index (κ1) is 28.1. The van der Waals surface area contributed by atoms with Crippen LogP contribution in [0.2, 0.25) is 0 Å². The van der Waals surface area contributed by atoms with Crippen LogP contribution >= 0.6 is 0 Å². The standard InChI is InChI=1S/C27H39N5O5/c1-27(2,3)37-26(36)28-16-10-8-6-5-7-9-11-22(33)29-18-12-13-19-21(17-18)32(4)31-24(19)20-14-15-23(34)30-25(20)35/h12-13,17,20H,5-11,14-16H2,1-4H3,(H,28,36)(H,29,33)(H,30,34,35). The average Bonchev–Trinajstić information content (AvgIpc) is 3.12. The van der Waals surface area contributed by atoms with Crippen molar-refractivity contribution in [2.24, 2.45) is 7.05 Å². The molecule has 0 spiro atoms. The van der Waals surface area contributed by atoms with Crippen LogP contribution in [-0.2, 0) is 26.2 Å². The summed E-state index contributed by atoms with van der Waals surface area (Å²) in [7, 11) is 1.80. The number of amides is 4. The van der Waals surface area contributed by atoms with Crippen molar-refractivity contribution in [2.45, 2.75) is 90.1 Å². The molecule has 1 fully saturated rings. The number of benzene rings is 1. The maximum Gasteiger partial charge on any atom is 0.407 e. The normalized spacial score (nSPS) is 15.9. The molecule has 2 heterocycles. The molecule has 0 bridgehead atoms. The van der Waals surface area contributed by atoms with E-state index in [2.05, 4.69) is 21.0 Å². The van der Waals surface area contributed by atoms with E-state index >= 15 is 0 Å². The summed E-state index contributed by atoms with van der Waals surface area (Å²) in [5, 5.41) is 13.5. The number of unbranched alkanes of at least 4 members (excludes halogenated alkanes) is 5. The molecule has 1 aliphatic heterocycles. The van der Waals surface area contributed by atoms with E-state index in [1.807, 2.05) is 39.0 Å². The molecule has 0 aliphatic carbocycles. The summed E-state index contributed by atoms with van der Waals surface area (Å²) in [6.45, 7) is 6.13. The van der Waals surface area contributed by atoms with Crippen molar-refractivity contribution < 1.29 is 23.9 Å². The lowest BCUT2D eigenvalue weighted by Gasteiger charge is -2.19. The number of ether oxygens (including phenoxy) is 1. The van der Waals surface area contributed by atoms with Gasteiger partial charge in [0.2, 0.25) is 17.7 Å². The number of rotatable bonds is 11. The van der Waals surface area contributed by atoms with Gasteiger partial charge in [-0.3, -0.25) is 24.4 Å². The van der Waals surface area contributed by atoms with Crippen molar-refractivity contribution in [3.05, 3.63) is 23.9 Å². The second-order valence-electron chi connectivity index (χ2n) is 10.6. The Morgan fingerprint density at radius 1 is 1.11 bits per heavy atom. The molecular weight excluding hydrogens is 474 g/mol. The minimum Gasteiger partial charge on any atom is -0.444 e. The maximum absolute atomic E-state index is 12.4. The minimum atomic E-state index is -0.483. The van der Waals surface area contributed by atoms with E-state index in [1.54, 1.807) is 11.7 Å². The van der Waals surface area contributed by atoms with Gasteiger partial charge in [0.05, 0.1) is 17.1 Å². The van der Waals surface area contributed by atoms with Crippen molar-refractivity contribution >= 4 is 40.4 Å². The third-order valence-corrected chi connectivity index (χ3v) is 6.23. The molecule has 1 aromatic heterocycles. The number of hydrogen-bond donors (Lipinski definition) is 3. The van der Waals surface area contributed by atoms with Crippen LogP contribution in [0.15, 0.2) is 18.2 Å². The number of anilines is 1. The van der Waals surface area contributed by atoms with E-state index in [4.69, 9.17) is 4.74 Å². The van der Waals surface area contributed by atoms with Crippen molar-refractivity contribution in [3.63, 3.8) is 0 Å². The van der Waals surface area contributed by atoms with E-state index in [9.17, 15) is 19.2 Å². The van der Waals surface area contributed by atoms with Crippen LogP contribution in [-0.4, -0.2) is 45.7 Å². The number of nitrogens with zero attached hydrogens (tertiary/aromatic N) is 2. The second-order valence-corrected chi connectivity index (χ2v) is 10.6. The zero-order valence-corrected chi connectivity index (χ0v) is 22.3. The Kier molecular flexibility index (Phi) is 9.66. The van der Waals surface area contributed by atoms with Gasteiger partial charge < -0.3 is 15.4 Å². The van der Waals surface area contributed by atoms with Crippen LogP contribution < -0.4 is 16.0 Å². The lowest BCUT2D eigenvalue weighted by atomic mass is 9.93. The van der Waals surface area contributed by atoms with Crippen molar-refractivity contribution in [1.29, 1.82) is 0 Å². The molecule has 3 N–H and O–H groups in total. The van der Waals surface area contributed by atoms with Crippen molar-refractivity contribution in [2.75, 3.05) is 11.9 Å². The molecular formula is C27H39N5O5. The molecule has 1 unspecified atom stereocenters. The highest BCUT2D eigenvalue weighted by molar-refractivity contribution is 6.03. The molecule has 1 saturated heterocycles. The van der Waals surface area contributed by atoms with Crippen LogP contribution in [0.5, 0.6) is 0 Å². The first-order valence-corrected chi connectivity index (χ1v) is 13.1. The summed E-state index contributed by atoms with van der Waals surface area (Å²) in [4.78, 5) is 47.8. The summed E-state index contributed by atoms with van der Waals surface area (Å²) in [6.07, 6.45) is 6.63. The van der Waals surface area contributed by atoms with Gasteiger partial charge >= 0.3 is 6.09 Å². The molecule has 0 saturated carbocycles. The van der Waals surface area contributed by atoms with Crippen LogP contribution in [0.4, 0.5) is 10.5 Å². The number of carbonyl (C=O) groups excluding carboxylic acids is 4. The van der Waals surface area contributed by atoms with Crippen LogP contribution in [0.25, 0.3) is 10.9 Å². The maximum atomic E-state index is 12.4. The molecule has 10 heteroatoms. The Morgan fingerprint density at radius 3 is 2.51 bits per heavy atom. The van der Waals surface area contributed by atoms with Gasteiger partial charge in [-0.1, -0.05) is 25.7 Å². The van der Waals surface area contributed by atoms with E-state index in [0.29, 0.717) is 37.2 Å². The number of piperidine rings is 1. The number of aromatic nitrogens is 2. The number of aryl methyl sites for hydroxylation is 1. The SMILES string of the molecule is Cn1nc(C2CCC(=O)NC2=O)c2ccc(NC(=O)CCCCCCCCNC(=O)OC(C)(C)C)cc21. The molecule has 37 heavy (non-hydrogen) atoms. The van der Waals surface area contributed by atoms with E-state index in [-0.39, 0.29) is 23.8 Å². The molecule has 1 aliphatic rings. The summed E-state index contributed by atoms with van der Waals surface area (Å²) < 4.78 is 6.91. The third-order valence-electron chi connectivity index (χ3n) is 6.23. The lowest BCUT2D eigenvalue weighted by molar-refractivity contribution is -0.134. The fourth-order valence-corrected chi connectivity index (χ4v) is 4.42. The first-order valence-electron chi connectivity index (χ1n) is 13.1. The zero-order chi connectivity index (χ0) is 27.0. The Bertz CT molecular complexity index is 1130. The van der Waals surface area contributed by atoms with E-state index < -0.39 is 11.5 Å². The van der Waals surface area contributed by atoms with Crippen molar-refractivity contribution in [1.82, 2.24) is 20.4 Å². The van der Waals surface area contributed by atoms with E-state index in [1.165, 1.54) is 0 Å². The highest BCUT2D eigenvalue weighted by Gasteiger charge is 2.31. The molecule has 1 aromatic carbocycles. The Hall–Kier alpha value is -3.43. The molecule has 3 rings (SSSR count). The number of nitrogens with one attached hydrogen (secondary N) is 3. The number of alkyl carbamates (subject to hydrolysis) is 1. The molecule has 10 nitrogen and oxygen atoms in total. The predicted molar refractivity (Wildman–Crippen MR) is 141 cm³/mol. The largest absolute Gasteiger partial charge is 0.444 e. The topological polar surface area (TPSA) is 131 Å². The van der Waals surface area contributed by atoms with Crippen LogP contribution in [0, 0.1) is 0 Å². The monoisotopic (exact) mass is 513 g/mol. The number of hydrogen-bond acceptors (Lipinski definition) is 6. The molecule has 4 amide bonds. The number of fused-ring (bicyclic) bond motifs is 1. The predicted octanol–water partition coefficient (Wildman–Crippen LogP) is 4.29. The van der Waals surface area contributed by atoms with Gasteiger partial charge in [-0.25, -0.2) is 4.79 Å². The highest BCUT2D eigenvalue weighted by Crippen LogP contribution is 2.31. The summed E-state index contributed by atoms with van der Waals surface area (Å²) >= 11 is 0. The van der Waals surface area contributed by atoms with Gasteiger partial charge in [0.25, 0.3) is 0 Å². The first-order chi connectivity index (χ1) is 17.5.